The summed E-state index contributed by atoms with van der Waals surface area (Å²) in [7, 11) is 2.74. The number of aryl methyl sites for hydroxylation is 1. The number of amides is 2. The molecule has 2 heterocycles. The molecule has 1 aromatic heterocycles. The fraction of sp³-hybridized carbons (Fsp3) is 0.300. The Labute approximate surface area is 182 Å². The molecule has 1 aliphatic rings. The zero-order valence-electron chi connectivity index (χ0n) is 18.0. The van der Waals surface area contributed by atoms with Crippen LogP contribution in [-0.2, 0) is 9.59 Å². The average Bonchev–Trinajstić information content (AvgIpc) is 3.18. The normalized spacial score (nSPS) is 16.1. The molecule has 0 fully saturated rings. The van der Waals surface area contributed by atoms with E-state index in [1.165, 1.54) is 50.2 Å². The van der Waals surface area contributed by atoms with Crippen molar-refractivity contribution in [2.75, 3.05) is 19.0 Å². The predicted octanol–water partition coefficient (Wildman–Crippen LogP) is 1.33. The summed E-state index contributed by atoms with van der Waals surface area (Å²) in [4.78, 5) is 44.0. The number of hydrogen-bond acceptors (Lipinski definition) is 9. The average molecular weight is 444 g/mol. The van der Waals surface area contributed by atoms with Crippen molar-refractivity contribution in [2.45, 2.75) is 26.3 Å². The van der Waals surface area contributed by atoms with E-state index in [9.17, 15) is 23.9 Å². The van der Waals surface area contributed by atoms with E-state index in [0.717, 1.165) is 4.90 Å². The molecule has 168 valence electrons. The van der Waals surface area contributed by atoms with Crippen molar-refractivity contribution in [3.63, 3.8) is 0 Å². The number of benzene rings is 1. The minimum absolute atomic E-state index is 0.0132. The number of anilines is 1. The number of carbonyl (C=O) groups excluding carboxylic acids is 3. The first kappa shape index (κ1) is 22.6. The molecule has 2 N–H and O–H groups in total. The number of nitrogens with zero attached hydrogens (tertiary/aromatic N) is 5. The fourth-order valence-corrected chi connectivity index (χ4v) is 3.02. The summed E-state index contributed by atoms with van der Waals surface area (Å²) in [6, 6.07) is 5.12. The van der Waals surface area contributed by atoms with Crippen LogP contribution in [0.2, 0.25) is 0 Å². The summed E-state index contributed by atoms with van der Waals surface area (Å²) in [6.45, 7) is 4.62. The number of aromatic nitrogens is 2. The third-order valence-electron chi connectivity index (χ3n) is 4.70. The number of ketones is 1. The number of amidine groups is 1. The highest BCUT2D eigenvalue weighted by Gasteiger charge is 2.41. The second kappa shape index (κ2) is 8.21. The van der Waals surface area contributed by atoms with Gasteiger partial charge < -0.3 is 19.7 Å². The van der Waals surface area contributed by atoms with Crippen molar-refractivity contribution >= 4 is 29.1 Å². The number of aliphatic hydroxyl groups is 1. The molecule has 2 aromatic rings. The number of aliphatic hydroxyl groups excluding tert-OH is 1. The van der Waals surface area contributed by atoms with Crippen molar-refractivity contribution in [3.05, 3.63) is 53.4 Å². The van der Waals surface area contributed by atoms with Crippen LogP contribution in [0.1, 0.15) is 30.4 Å². The summed E-state index contributed by atoms with van der Waals surface area (Å²) >= 11 is 0. The van der Waals surface area contributed by atoms with Crippen molar-refractivity contribution in [1.29, 1.82) is 0 Å². The topological polar surface area (TPSA) is 141 Å². The number of likely N-dealkylation sites (N-methyl/N-ethyl adjacent to an activating group) is 1. The van der Waals surface area contributed by atoms with Crippen LogP contribution < -0.4 is 10.2 Å². The Morgan fingerprint density at radius 2 is 1.84 bits per heavy atom. The third-order valence-corrected chi connectivity index (χ3v) is 4.70. The maximum atomic E-state index is 13.2. The summed E-state index contributed by atoms with van der Waals surface area (Å²) in [5, 5.41) is 20.5. The lowest BCUT2D eigenvalue weighted by atomic mass is 10.00. The molecule has 1 aliphatic heterocycles. The molecule has 0 saturated carbocycles. The molecule has 0 saturated heterocycles. The molecule has 0 atom stereocenters. The zero-order valence-corrected chi connectivity index (χ0v) is 18.0. The van der Waals surface area contributed by atoms with Gasteiger partial charge in [-0.2, -0.15) is 0 Å². The Morgan fingerprint density at radius 1 is 1.22 bits per heavy atom. The molecular formula is C20H21FN6O5. The molecule has 12 heteroatoms. The van der Waals surface area contributed by atoms with E-state index in [2.05, 4.69) is 20.5 Å². The molecule has 0 bridgehead atoms. The van der Waals surface area contributed by atoms with Gasteiger partial charge in [0.25, 0.3) is 5.78 Å². The van der Waals surface area contributed by atoms with Gasteiger partial charge in [0.2, 0.25) is 11.8 Å². The molecule has 0 spiro atoms. The van der Waals surface area contributed by atoms with Gasteiger partial charge in [0.1, 0.15) is 11.7 Å². The number of nitrogens with one attached hydrogen (secondary N) is 1. The molecule has 1 aromatic carbocycles. The van der Waals surface area contributed by atoms with E-state index < -0.39 is 40.5 Å². The van der Waals surface area contributed by atoms with Crippen LogP contribution in [0.4, 0.5) is 10.1 Å². The lowest BCUT2D eigenvalue weighted by molar-refractivity contribution is -0.140. The van der Waals surface area contributed by atoms with E-state index in [-0.39, 0.29) is 17.6 Å². The SMILES string of the molecule is Cc1nnc(C(=O)NC(C)(C)C2=N/C(=C(\O)N(C)c3ccc(F)cc3)C(=O)C(=O)N2C)o1. The van der Waals surface area contributed by atoms with Crippen LogP contribution >= 0.6 is 0 Å². The lowest BCUT2D eigenvalue weighted by Crippen LogP contribution is -2.59. The van der Waals surface area contributed by atoms with E-state index in [4.69, 9.17) is 4.42 Å². The number of aliphatic imine (C=N–C) groups is 1. The molecule has 0 unspecified atom stereocenters. The smallest absolute Gasteiger partial charge is 0.309 e. The van der Waals surface area contributed by atoms with Crippen LogP contribution in [0.5, 0.6) is 0 Å². The number of halogens is 1. The van der Waals surface area contributed by atoms with Crippen LogP contribution in [0.3, 0.4) is 0 Å². The molecule has 32 heavy (non-hydrogen) atoms. The monoisotopic (exact) mass is 444 g/mol. The van der Waals surface area contributed by atoms with E-state index in [1.54, 1.807) is 13.8 Å². The van der Waals surface area contributed by atoms with Crippen LogP contribution in [0.15, 0.2) is 45.3 Å². The number of Topliss-reactive ketones (excluding diaryl/α,β-unsaturated/α-hetero) is 1. The van der Waals surface area contributed by atoms with Crippen molar-refractivity contribution < 1.29 is 28.3 Å². The van der Waals surface area contributed by atoms with Crippen LogP contribution in [0, 0.1) is 12.7 Å². The standard InChI is InChI=1S/C20H21FN6O5/c1-10-24-25-16(32-10)15(29)23-20(2,3)19-22-13(14(28)18(31)27(19)5)17(30)26(4)12-8-6-11(21)7-9-12/h6-9,30H,1-5H3,(H,23,29)/b17-13-. The maximum absolute atomic E-state index is 13.2. The van der Waals surface area contributed by atoms with Gasteiger partial charge in [0, 0.05) is 26.7 Å². The number of hydrogen-bond donors (Lipinski definition) is 2. The molecule has 0 radical (unpaired) electrons. The van der Waals surface area contributed by atoms with E-state index in [1.807, 2.05) is 0 Å². The van der Waals surface area contributed by atoms with Gasteiger partial charge in [-0.05, 0) is 38.1 Å². The van der Waals surface area contributed by atoms with E-state index in [0.29, 0.717) is 5.69 Å². The number of carbonyl (C=O) groups is 3. The minimum atomic E-state index is -1.29. The minimum Gasteiger partial charge on any atom is -0.493 e. The first-order chi connectivity index (χ1) is 14.9. The van der Waals surface area contributed by atoms with Crippen molar-refractivity contribution in [1.82, 2.24) is 20.4 Å². The largest absolute Gasteiger partial charge is 0.493 e. The molecular weight excluding hydrogens is 423 g/mol. The molecule has 0 aliphatic carbocycles. The first-order valence-electron chi connectivity index (χ1n) is 9.39. The zero-order chi connectivity index (χ0) is 23.8. The Bertz CT molecular complexity index is 1150. The van der Waals surface area contributed by atoms with Gasteiger partial charge in [0.05, 0.1) is 5.54 Å². The van der Waals surface area contributed by atoms with Gasteiger partial charge in [-0.15, -0.1) is 10.2 Å². The van der Waals surface area contributed by atoms with E-state index >= 15 is 0 Å². The van der Waals surface area contributed by atoms with Gasteiger partial charge >= 0.3 is 17.7 Å². The van der Waals surface area contributed by atoms with Gasteiger partial charge in [-0.1, -0.05) is 0 Å². The maximum Gasteiger partial charge on any atom is 0.309 e. The Hall–Kier alpha value is -4.09. The van der Waals surface area contributed by atoms with Crippen molar-refractivity contribution in [3.8, 4) is 0 Å². The summed E-state index contributed by atoms with van der Waals surface area (Å²) in [5.74, 6) is -3.91. The molecule has 3 rings (SSSR count). The van der Waals surface area contributed by atoms with Crippen LogP contribution in [-0.4, -0.2) is 63.3 Å². The molecule has 11 nitrogen and oxygen atoms in total. The molecule has 2 amide bonds. The summed E-state index contributed by atoms with van der Waals surface area (Å²) < 4.78 is 18.3. The van der Waals surface area contributed by atoms with Crippen molar-refractivity contribution in [2.24, 2.45) is 4.99 Å². The van der Waals surface area contributed by atoms with Gasteiger partial charge in [-0.3, -0.25) is 19.3 Å². The highest BCUT2D eigenvalue weighted by Crippen LogP contribution is 2.24. The summed E-state index contributed by atoms with van der Waals surface area (Å²) in [5.41, 5.74) is -1.46. The predicted molar refractivity (Wildman–Crippen MR) is 110 cm³/mol. The Morgan fingerprint density at radius 3 is 2.41 bits per heavy atom. The second-order valence-electron chi connectivity index (χ2n) is 7.54. The first-order valence-corrected chi connectivity index (χ1v) is 9.39. The Kier molecular flexibility index (Phi) is 5.80. The quantitative estimate of drug-likeness (QED) is 0.400. The third kappa shape index (κ3) is 4.19. The van der Waals surface area contributed by atoms with Gasteiger partial charge in [-0.25, -0.2) is 9.38 Å². The van der Waals surface area contributed by atoms with Gasteiger partial charge in [0.15, 0.2) is 5.70 Å². The highest BCUT2D eigenvalue weighted by molar-refractivity contribution is 6.47. The lowest BCUT2D eigenvalue weighted by Gasteiger charge is -2.35. The summed E-state index contributed by atoms with van der Waals surface area (Å²) in [6.07, 6.45) is 0. The fourth-order valence-electron chi connectivity index (χ4n) is 3.02. The number of rotatable bonds is 5. The second-order valence-corrected chi connectivity index (χ2v) is 7.54. The van der Waals surface area contributed by atoms with Crippen LogP contribution in [0.25, 0.3) is 0 Å². The Balaban J connectivity index is 2.00. The highest BCUT2D eigenvalue weighted by atomic mass is 19.1.